The molecule has 1 aliphatic carbocycles. The van der Waals surface area contributed by atoms with Gasteiger partial charge in [-0.15, -0.1) is 0 Å². The first kappa shape index (κ1) is 27.4. The average molecular weight is 582 g/mol. The van der Waals surface area contributed by atoms with Crippen LogP contribution in [0.2, 0.25) is 0 Å². The minimum Gasteiger partial charge on any atom is -0.454 e. The third-order valence-corrected chi connectivity index (χ3v) is 9.12. The molecule has 1 aromatic heterocycles. The van der Waals surface area contributed by atoms with Gasteiger partial charge >= 0.3 is 0 Å². The van der Waals surface area contributed by atoms with Gasteiger partial charge < -0.3 is 19.7 Å². The maximum absolute atomic E-state index is 13.6. The van der Waals surface area contributed by atoms with E-state index in [-0.39, 0.29) is 24.2 Å². The van der Waals surface area contributed by atoms with Gasteiger partial charge in [0.15, 0.2) is 11.5 Å². The van der Waals surface area contributed by atoms with Crippen LogP contribution in [0, 0.1) is 27.8 Å². The first-order valence-corrected chi connectivity index (χ1v) is 14.8. The smallest absolute Gasteiger partial charge is 0.280 e. The van der Waals surface area contributed by atoms with Crippen molar-refractivity contribution in [1.29, 1.82) is 0 Å². The van der Waals surface area contributed by atoms with E-state index in [1.54, 1.807) is 6.07 Å². The summed E-state index contributed by atoms with van der Waals surface area (Å²) in [6, 6.07) is 7.72. The molecule has 2 atom stereocenters. The van der Waals surface area contributed by atoms with Crippen molar-refractivity contribution < 1.29 is 23.6 Å². The summed E-state index contributed by atoms with van der Waals surface area (Å²) in [5.41, 5.74) is 0.157. The van der Waals surface area contributed by atoms with Crippen LogP contribution in [-0.4, -0.2) is 66.2 Å². The van der Waals surface area contributed by atoms with Crippen LogP contribution in [0.25, 0.3) is 16.2 Å². The molecule has 3 aromatic rings. The molecule has 1 amide bonds. The number of ether oxygens (including phenoxy) is 2. The van der Waals surface area contributed by atoms with Crippen molar-refractivity contribution in [1.82, 2.24) is 14.6 Å². The van der Waals surface area contributed by atoms with Crippen molar-refractivity contribution in [2.45, 2.75) is 25.7 Å². The lowest BCUT2D eigenvalue weighted by atomic mass is 9.78. The first-order valence-electron chi connectivity index (χ1n) is 14.0. The summed E-state index contributed by atoms with van der Waals surface area (Å²) in [6.45, 7) is 5.22. The van der Waals surface area contributed by atoms with Gasteiger partial charge in [-0.25, -0.2) is 4.39 Å². The van der Waals surface area contributed by atoms with Gasteiger partial charge in [0.25, 0.3) is 5.69 Å². The van der Waals surface area contributed by atoms with Gasteiger partial charge in [-0.05, 0) is 66.6 Å². The molecule has 216 valence electrons. The topological polar surface area (TPSA) is 110 Å². The Morgan fingerprint density at radius 1 is 1.12 bits per heavy atom. The third-order valence-electron chi connectivity index (χ3n) is 8.32. The van der Waals surface area contributed by atoms with Gasteiger partial charge in [0.1, 0.15) is 11.6 Å². The number of fused-ring (bicyclic) bond motifs is 2. The van der Waals surface area contributed by atoms with E-state index in [0.717, 1.165) is 67.9 Å². The quantitative estimate of drug-likeness (QED) is 0.229. The Morgan fingerprint density at radius 3 is 2.66 bits per heavy atom. The number of anilines is 1. The summed E-state index contributed by atoms with van der Waals surface area (Å²) < 4.78 is 29.6. The van der Waals surface area contributed by atoms with Crippen LogP contribution in [0.3, 0.4) is 0 Å². The molecule has 1 saturated heterocycles. The highest BCUT2D eigenvalue weighted by atomic mass is 32.1. The van der Waals surface area contributed by atoms with Crippen molar-refractivity contribution in [3.05, 3.63) is 57.9 Å². The largest absolute Gasteiger partial charge is 0.454 e. The number of nitrogens with zero attached hydrogens (tertiary/aromatic N) is 4. The Hall–Kier alpha value is -3.77. The second-order valence-corrected chi connectivity index (χ2v) is 11.6. The number of nitro benzene ring substituents is 1. The summed E-state index contributed by atoms with van der Waals surface area (Å²) in [6.07, 6.45) is 7.37. The van der Waals surface area contributed by atoms with Crippen LogP contribution in [-0.2, 0) is 4.79 Å². The number of amides is 1. The van der Waals surface area contributed by atoms with E-state index in [0.29, 0.717) is 35.4 Å². The van der Waals surface area contributed by atoms with Gasteiger partial charge in [-0.2, -0.15) is 4.37 Å². The highest BCUT2D eigenvalue weighted by Gasteiger charge is 2.29. The van der Waals surface area contributed by atoms with E-state index < -0.39 is 4.92 Å². The number of rotatable bonds is 8. The van der Waals surface area contributed by atoms with Gasteiger partial charge in [-0.3, -0.25) is 19.8 Å². The van der Waals surface area contributed by atoms with Crippen LogP contribution < -0.4 is 19.7 Å². The van der Waals surface area contributed by atoms with Crippen LogP contribution in [0.15, 0.2) is 36.4 Å². The van der Waals surface area contributed by atoms with Crippen molar-refractivity contribution in [3.8, 4) is 11.5 Å². The molecule has 12 heteroatoms. The van der Waals surface area contributed by atoms with Gasteiger partial charge in [0.2, 0.25) is 12.7 Å². The molecule has 2 aromatic carbocycles. The molecular formula is C29H32FN5O5S. The number of carbonyl (C=O) groups excluding carboxylic acids is 1. The molecule has 1 saturated carbocycles. The normalized spacial score (nSPS) is 21.0. The number of benzene rings is 2. The maximum atomic E-state index is 13.6. The second-order valence-electron chi connectivity index (χ2n) is 10.8. The summed E-state index contributed by atoms with van der Waals surface area (Å²) in [4.78, 5) is 28.5. The van der Waals surface area contributed by atoms with E-state index in [1.165, 1.54) is 48.3 Å². The van der Waals surface area contributed by atoms with Crippen molar-refractivity contribution in [3.63, 3.8) is 0 Å². The lowest BCUT2D eigenvalue weighted by Crippen LogP contribution is -2.49. The number of piperazine rings is 1. The fraction of sp³-hybridized carbons (Fsp3) is 0.448. The Morgan fingerprint density at radius 2 is 1.88 bits per heavy atom. The zero-order chi connectivity index (χ0) is 28.3. The van der Waals surface area contributed by atoms with Crippen molar-refractivity contribution in [2.24, 2.45) is 11.8 Å². The number of hydrogen-bond donors (Lipinski definition) is 1. The van der Waals surface area contributed by atoms with Gasteiger partial charge in [0, 0.05) is 50.7 Å². The number of aromatic nitrogens is 1. The number of halogens is 1. The van der Waals surface area contributed by atoms with Crippen molar-refractivity contribution >= 4 is 45.1 Å². The summed E-state index contributed by atoms with van der Waals surface area (Å²) in [5, 5.41) is 15.5. The second kappa shape index (κ2) is 12.0. The van der Waals surface area contributed by atoms with Gasteiger partial charge in [-0.1, -0.05) is 12.8 Å². The highest BCUT2D eigenvalue weighted by molar-refractivity contribution is 7.13. The van der Waals surface area contributed by atoms with Crippen LogP contribution in [0.1, 0.15) is 31.2 Å². The van der Waals surface area contributed by atoms with E-state index >= 15 is 0 Å². The molecular weight excluding hydrogens is 549 g/mol. The Labute approximate surface area is 241 Å². The number of nitrogens with one attached hydrogen (secondary N) is 1. The zero-order valence-electron chi connectivity index (χ0n) is 22.6. The summed E-state index contributed by atoms with van der Waals surface area (Å²) in [5.74, 6) is 2.08. The lowest BCUT2D eigenvalue weighted by Gasteiger charge is -2.40. The molecule has 3 aliphatic rings. The molecule has 41 heavy (non-hydrogen) atoms. The highest BCUT2D eigenvalue weighted by Crippen LogP contribution is 2.38. The van der Waals surface area contributed by atoms with Crippen LogP contribution >= 0.6 is 11.5 Å². The van der Waals surface area contributed by atoms with Crippen molar-refractivity contribution in [2.75, 3.05) is 51.0 Å². The maximum Gasteiger partial charge on any atom is 0.280 e. The molecule has 3 heterocycles. The molecule has 0 unspecified atom stereocenters. The number of carbonyl (C=O) groups is 1. The molecule has 0 radical (unpaired) electrons. The van der Waals surface area contributed by atoms with E-state index in [2.05, 4.69) is 19.5 Å². The van der Waals surface area contributed by atoms with Crippen LogP contribution in [0.5, 0.6) is 11.5 Å². The molecule has 2 fully saturated rings. The molecule has 1 N–H and O–H groups in total. The molecule has 0 spiro atoms. The number of hydrogen-bond acceptors (Lipinski definition) is 9. The van der Waals surface area contributed by atoms with Gasteiger partial charge in [0.05, 0.1) is 21.3 Å². The lowest BCUT2D eigenvalue weighted by molar-refractivity contribution is -0.385. The number of nitro groups is 1. The Kier molecular flexibility index (Phi) is 8.02. The Balaban J connectivity index is 1.02. The molecule has 0 bridgehead atoms. The molecule has 2 aliphatic heterocycles. The van der Waals surface area contributed by atoms with E-state index in [9.17, 15) is 19.3 Å². The minimum absolute atomic E-state index is 0.0175. The first-order chi connectivity index (χ1) is 19.9. The van der Waals surface area contributed by atoms with E-state index in [1.807, 2.05) is 6.07 Å². The fourth-order valence-electron chi connectivity index (χ4n) is 6.09. The zero-order valence-corrected chi connectivity index (χ0v) is 23.4. The molecule has 10 nitrogen and oxygen atoms in total. The Bertz CT molecular complexity index is 1470. The third kappa shape index (κ3) is 6.13. The fourth-order valence-corrected chi connectivity index (χ4v) is 6.91. The van der Waals surface area contributed by atoms with E-state index in [4.69, 9.17) is 9.47 Å². The predicted molar refractivity (Wildman–Crippen MR) is 155 cm³/mol. The monoisotopic (exact) mass is 581 g/mol. The summed E-state index contributed by atoms with van der Waals surface area (Å²) in [7, 11) is 0. The predicted octanol–water partition coefficient (Wildman–Crippen LogP) is 4.83. The minimum atomic E-state index is -0.494. The standard InChI is InChI=1S/C29H32FN5O5S/c30-22-6-7-23-27(14-22)41-32-29(23)34-11-9-33(10-12-34)17-21-4-2-1-3-20(21)16-31-28(36)8-5-19-13-25-26(40-18-39-25)15-24(19)35(37)38/h5-8,13-15,20-21H,1-4,9-12,16-18H2,(H,31,36)/t20-,21-/m0/s1. The average Bonchev–Trinajstić information content (AvgIpc) is 3.61. The summed E-state index contributed by atoms with van der Waals surface area (Å²) >= 11 is 1.34. The molecule has 6 rings (SSSR count). The SMILES string of the molecule is O=C(C=Cc1cc2c(cc1[N+](=O)[O-])OCO2)NC[C@@H]1CCCC[C@H]1CN1CCN(c2nsc3cc(F)ccc23)CC1. The van der Waals surface area contributed by atoms with Crippen LogP contribution in [0.4, 0.5) is 15.9 Å².